The fourth-order valence-corrected chi connectivity index (χ4v) is 2.82. The quantitative estimate of drug-likeness (QED) is 0.605. The molecule has 1 aromatic carbocycles. The molecule has 1 heteroatoms. The minimum Gasteiger partial charge on any atom is -0.314 e. The van der Waals surface area contributed by atoms with Gasteiger partial charge in [-0.05, 0) is 23.8 Å². The van der Waals surface area contributed by atoms with E-state index in [1.807, 2.05) is 0 Å². The smallest absolute Gasteiger partial charge is 0.00226 e. The lowest BCUT2D eigenvalue weighted by Crippen LogP contribution is -2.29. The average molecular weight is 275 g/mol. The van der Waals surface area contributed by atoms with Crippen molar-refractivity contribution in [3.8, 4) is 0 Å². The van der Waals surface area contributed by atoms with Crippen LogP contribution < -0.4 is 5.32 Å². The molecule has 0 aliphatic rings. The van der Waals surface area contributed by atoms with Gasteiger partial charge in [-0.1, -0.05) is 83.7 Å². The van der Waals surface area contributed by atoms with Gasteiger partial charge in [0.05, 0.1) is 0 Å². The van der Waals surface area contributed by atoms with E-state index in [0.717, 1.165) is 12.5 Å². The maximum Gasteiger partial charge on any atom is 0.00226 e. The first-order valence-electron chi connectivity index (χ1n) is 8.45. The zero-order valence-electron chi connectivity index (χ0n) is 13.9. The Labute approximate surface area is 126 Å². The van der Waals surface area contributed by atoms with Crippen molar-refractivity contribution in [3.63, 3.8) is 0 Å². The molecule has 1 nitrogen and oxygen atoms in total. The van der Waals surface area contributed by atoms with Gasteiger partial charge in [-0.3, -0.25) is 0 Å². The Balaban J connectivity index is 2.66. The molecule has 1 aromatic rings. The largest absolute Gasteiger partial charge is 0.314 e. The lowest BCUT2D eigenvalue weighted by molar-refractivity contribution is 0.371. The fourth-order valence-electron chi connectivity index (χ4n) is 2.82. The van der Waals surface area contributed by atoms with Crippen LogP contribution in [0.1, 0.15) is 71.3 Å². The van der Waals surface area contributed by atoms with Crippen LogP contribution >= 0.6 is 0 Å². The average Bonchev–Trinajstić information content (AvgIpc) is 2.47. The molecule has 0 aromatic heterocycles. The van der Waals surface area contributed by atoms with E-state index in [-0.39, 0.29) is 0 Å². The minimum absolute atomic E-state index is 0.567. The Morgan fingerprint density at radius 1 is 1.05 bits per heavy atom. The summed E-state index contributed by atoms with van der Waals surface area (Å²) in [6.07, 6.45) is 6.71. The molecular formula is C19H33N. The van der Waals surface area contributed by atoms with Crippen molar-refractivity contribution in [1.82, 2.24) is 5.32 Å². The maximum atomic E-state index is 3.63. The molecule has 0 saturated heterocycles. The highest BCUT2D eigenvalue weighted by atomic mass is 14.9. The zero-order chi connectivity index (χ0) is 14.8. The molecule has 0 amide bonds. The molecule has 0 aliphatic carbocycles. The SMILES string of the molecule is CCCCC(CC)CC(CNC(C)C)c1ccccc1. The van der Waals surface area contributed by atoms with Crippen molar-refractivity contribution in [2.45, 2.75) is 71.8 Å². The Kier molecular flexibility index (Phi) is 8.60. The molecule has 2 atom stereocenters. The molecule has 1 N–H and O–H groups in total. The van der Waals surface area contributed by atoms with Crippen molar-refractivity contribution < 1.29 is 0 Å². The highest BCUT2D eigenvalue weighted by Gasteiger charge is 2.17. The van der Waals surface area contributed by atoms with Crippen LogP contribution in [0.5, 0.6) is 0 Å². The van der Waals surface area contributed by atoms with Gasteiger partial charge in [0, 0.05) is 12.6 Å². The number of nitrogens with one attached hydrogen (secondary N) is 1. The molecule has 0 heterocycles. The second kappa shape index (κ2) is 9.99. The number of benzene rings is 1. The van der Waals surface area contributed by atoms with Crippen molar-refractivity contribution in [2.75, 3.05) is 6.54 Å². The van der Waals surface area contributed by atoms with Gasteiger partial charge in [-0.2, -0.15) is 0 Å². The predicted molar refractivity (Wildman–Crippen MR) is 90.2 cm³/mol. The van der Waals surface area contributed by atoms with Gasteiger partial charge in [0.25, 0.3) is 0 Å². The van der Waals surface area contributed by atoms with Crippen molar-refractivity contribution >= 4 is 0 Å². The Morgan fingerprint density at radius 2 is 1.75 bits per heavy atom. The number of unbranched alkanes of at least 4 members (excludes halogenated alkanes) is 1. The fraction of sp³-hybridized carbons (Fsp3) is 0.684. The molecule has 1 rings (SSSR count). The van der Waals surface area contributed by atoms with E-state index in [4.69, 9.17) is 0 Å². The van der Waals surface area contributed by atoms with Crippen LogP contribution in [-0.4, -0.2) is 12.6 Å². The van der Waals surface area contributed by atoms with Gasteiger partial charge in [-0.25, -0.2) is 0 Å². The monoisotopic (exact) mass is 275 g/mol. The summed E-state index contributed by atoms with van der Waals surface area (Å²) in [6, 6.07) is 11.6. The molecule has 0 bridgehead atoms. The first-order chi connectivity index (χ1) is 9.67. The van der Waals surface area contributed by atoms with Gasteiger partial charge < -0.3 is 5.32 Å². The third-order valence-electron chi connectivity index (χ3n) is 4.20. The van der Waals surface area contributed by atoms with E-state index in [9.17, 15) is 0 Å². The van der Waals surface area contributed by atoms with Crippen LogP contribution in [0.3, 0.4) is 0 Å². The molecule has 20 heavy (non-hydrogen) atoms. The van der Waals surface area contributed by atoms with Crippen LogP contribution in [0.2, 0.25) is 0 Å². The summed E-state index contributed by atoms with van der Waals surface area (Å²) in [5.41, 5.74) is 1.50. The first kappa shape index (κ1) is 17.2. The van der Waals surface area contributed by atoms with Crippen molar-refractivity contribution in [3.05, 3.63) is 35.9 Å². The summed E-state index contributed by atoms with van der Waals surface area (Å²) in [4.78, 5) is 0. The first-order valence-corrected chi connectivity index (χ1v) is 8.45. The van der Waals surface area contributed by atoms with Crippen LogP contribution in [0.15, 0.2) is 30.3 Å². The summed E-state index contributed by atoms with van der Waals surface area (Å²) in [5, 5.41) is 3.63. The van der Waals surface area contributed by atoms with Crippen LogP contribution in [0, 0.1) is 5.92 Å². The molecular weight excluding hydrogens is 242 g/mol. The predicted octanol–water partition coefficient (Wildman–Crippen LogP) is 5.37. The highest BCUT2D eigenvalue weighted by molar-refractivity contribution is 5.20. The molecule has 0 spiro atoms. The zero-order valence-corrected chi connectivity index (χ0v) is 13.9. The van der Waals surface area contributed by atoms with Crippen LogP contribution in [0.25, 0.3) is 0 Å². The summed E-state index contributed by atoms with van der Waals surface area (Å²) < 4.78 is 0. The van der Waals surface area contributed by atoms with E-state index in [0.29, 0.717) is 12.0 Å². The topological polar surface area (TPSA) is 12.0 Å². The normalized spacial score (nSPS) is 14.4. The van der Waals surface area contributed by atoms with Crippen LogP contribution in [0.4, 0.5) is 0 Å². The van der Waals surface area contributed by atoms with E-state index >= 15 is 0 Å². The van der Waals surface area contributed by atoms with Gasteiger partial charge in [0.15, 0.2) is 0 Å². The second-order valence-corrected chi connectivity index (χ2v) is 6.32. The Hall–Kier alpha value is -0.820. The third kappa shape index (κ3) is 6.56. The third-order valence-corrected chi connectivity index (χ3v) is 4.20. The van der Waals surface area contributed by atoms with Crippen molar-refractivity contribution in [2.24, 2.45) is 5.92 Å². The molecule has 114 valence electrons. The molecule has 0 radical (unpaired) electrons. The second-order valence-electron chi connectivity index (χ2n) is 6.32. The van der Waals surface area contributed by atoms with Gasteiger partial charge in [0.1, 0.15) is 0 Å². The standard InChI is InChI=1S/C19H33N/c1-5-7-11-17(6-2)14-19(15-20-16(3)4)18-12-9-8-10-13-18/h8-10,12-13,16-17,19-20H,5-7,11,14-15H2,1-4H3. The Morgan fingerprint density at radius 3 is 2.30 bits per heavy atom. The molecule has 0 saturated carbocycles. The van der Waals surface area contributed by atoms with Gasteiger partial charge in [-0.15, -0.1) is 0 Å². The lowest BCUT2D eigenvalue weighted by Gasteiger charge is -2.24. The molecule has 0 aliphatic heterocycles. The number of rotatable bonds is 10. The van der Waals surface area contributed by atoms with E-state index in [1.54, 1.807) is 0 Å². The summed E-state index contributed by atoms with van der Waals surface area (Å²) in [5.74, 6) is 1.52. The van der Waals surface area contributed by atoms with E-state index < -0.39 is 0 Å². The Bertz CT molecular complexity index is 331. The number of hydrogen-bond donors (Lipinski definition) is 1. The molecule has 2 unspecified atom stereocenters. The summed E-state index contributed by atoms with van der Waals surface area (Å²) in [6.45, 7) is 10.2. The maximum absolute atomic E-state index is 3.63. The van der Waals surface area contributed by atoms with E-state index in [2.05, 4.69) is 63.3 Å². The van der Waals surface area contributed by atoms with Gasteiger partial charge in [0.2, 0.25) is 0 Å². The van der Waals surface area contributed by atoms with Gasteiger partial charge >= 0.3 is 0 Å². The highest BCUT2D eigenvalue weighted by Crippen LogP contribution is 2.28. The van der Waals surface area contributed by atoms with E-state index in [1.165, 1.54) is 37.7 Å². The molecule has 0 fully saturated rings. The van der Waals surface area contributed by atoms with Crippen LogP contribution in [-0.2, 0) is 0 Å². The summed E-state index contributed by atoms with van der Waals surface area (Å²) in [7, 11) is 0. The van der Waals surface area contributed by atoms with Crippen molar-refractivity contribution in [1.29, 1.82) is 0 Å². The summed E-state index contributed by atoms with van der Waals surface area (Å²) >= 11 is 0. The minimum atomic E-state index is 0.567. The number of hydrogen-bond acceptors (Lipinski definition) is 1. The lowest BCUT2D eigenvalue weighted by atomic mass is 9.85.